The normalized spacial score (nSPS) is 10.3. The van der Waals surface area contributed by atoms with Crippen LogP contribution in [0.5, 0.6) is 0 Å². The van der Waals surface area contributed by atoms with Gasteiger partial charge in [0.05, 0.1) is 15.7 Å². The SMILES string of the molecule is Nc1cc(N)cc(C(=O)Nc2c(Cl)cc(Br)cc2Cl)c1. The molecule has 0 saturated carbocycles. The van der Waals surface area contributed by atoms with Crippen LogP contribution in [0.3, 0.4) is 0 Å². The molecule has 2 aromatic rings. The Kier molecular flexibility index (Phi) is 4.42. The van der Waals surface area contributed by atoms with Crippen LogP contribution in [0, 0.1) is 0 Å². The summed E-state index contributed by atoms with van der Waals surface area (Å²) < 4.78 is 0.721. The predicted octanol–water partition coefficient (Wildman–Crippen LogP) is 4.17. The zero-order valence-electron chi connectivity index (χ0n) is 10.1. The van der Waals surface area contributed by atoms with Crippen LogP contribution in [-0.2, 0) is 0 Å². The maximum Gasteiger partial charge on any atom is 0.255 e. The molecule has 0 heterocycles. The molecule has 1 amide bonds. The average Bonchev–Trinajstić information content (AvgIpc) is 2.32. The maximum absolute atomic E-state index is 12.2. The largest absolute Gasteiger partial charge is 0.399 e. The number of hydrogen-bond acceptors (Lipinski definition) is 3. The molecule has 104 valence electrons. The Morgan fingerprint density at radius 3 is 2.00 bits per heavy atom. The molecule has 0 spiro atoms. The summed E-state index contributed by atoms with van der Waals surface area (Å²) in [5.41, 5.74) is 12.8. The van der Waals surface area contributed by atoms with E-state index in [1.54, 1.807) is 18.2 Å². The van der Waals surface area contributed by atoms with Gasteiger partial charge in [0.25, 0.3) is 5.91 Å². The van der Waals surface area contributed by atoms with Crippen LogP contribution in [0.4, 0.5) is 17.1 Å². The second-order valence-electron chi connectivity index (χ2n) is 4.09. The van der Waals surface area contributed by atoms with E-state index in [4.69, 9.17) is 34.7 Å². The Morgan fingerprint density at radius 1 is 1.00 bits per heavy atom. The number of rotatable bonds is 2. The molecule has 4 nitrogen and oxygen atoms in total. The number of nitrogen functional groups attached to an aromatic ring is 2. The smallest absolute Gasteiger partial charge is 0.255 e. The molecule has 0 aliphatic heterocycles. The van der Waals surface area contributed by atoms with Gasteiger partial charge in [0, 0.05) is 21.4 Å². The van der Waals surface area contributed by atoms with Crippen molar-refractivity contribution in [2.24, 2.45) is 0 Å². The summed E-state index contributed by atoms with van der Waals surface area (Å²) in [6.07, 6.45) is 0. The highest BCUT2D eigenvalue weighted by Gasteiger charge is 2.13. The highest BCUT2D eigenvalue weighted by molar-refractivity contribution is 9.10. The zero-order valence-corrected chi connectivity index (χ0v) is 13.2. The van der Waals surface area contributed by atoms with Gasteiger partial charge in [-0.3, -0.25) is 4.79 Å². The molecule has 0 aromatic heterocycles. The van der Waals surface area contributed by atoms with Crippen LogP contribution in [0.1, 0.15) is 10.4 Å². The van der Waals surface area contributed by atoms with E-state index in [-0.39, 0.29) is 0 Å². The van der Waals surface area contributed by atoms with Crippen LogP contribution < -0.4 is 16.8 Å². The van der Waals surface area contributed by atoms with Crippen LogP contribution in [0.2, 0.25) is 10.0 Å². The lowest BCUT2D eigenvalue weighted by molar-refractivity contribution is 0.102. The first-order valence-electron chi connectivity index (χ1n) is 5.49. The van der Waals surface area contributed by atoms with Crippen molar-refractivity contribution in [3.63, 3.8) is 0 Å². The van der Waals surface area contributed by atoms with E-state index in [0.29, 0.717) is 32.7 Å². The van der Waals surface area contributed by atoms with Crippen molar-refractivity contribution in [3.05, 3.63) is 50.4 Å². The van der Waals surface area contributed by atoms with Gasteiger partial charge in [-0.25, -0.2) is 0 Å². The van der Waals surface area contributed by atoms with E-state index in [9.17, 15) is 4.79 Å². The van der Waals surface area contributed by atoms with Gasteiger partial charge in [-0.15, -0.1) is 0 Å². The number of carbonyl (C=O) groups excluding carboxylic acids is 1. The topological polar surface area (TPSA) is 81.1 Å². The lowest BCUT2D eigenvalue weighted by atomic mass is 10.1. The third kappa shape index (κ3) is 3.36. The molecule has 0 aliphatic rings. The molecule has 2 rings (SSSR count). The van der Waals surface area contributed by atoms with E-state index < -0.39 is 5.91 Å². The predicted molar refractivity (Wildman–Crippen MR) is 87.4 cm³/mol. The van der Waals surface area contributed by atoms with Gasteiger partial charge in [-0.2, -0.15) is 0 Å². The molecule has 0 unspecified atom stereocenters. The molecule has 0 radical (unpaired) electrons. The van der Waals surface area contributed by atoms with E-state index in [1.807, 2.05) is 0 Å². The van der Waals surface area contributed by atoms with Crippen molar-refractivity contribution in [2.45, 2.75) is 0 Å². The van der Waals surface area contributed by atoms with Crippen molar-refractivity contribution in [1.29, 1.82) is 0 Å². The first-order valence-corrected chi connectivity index (χ1v) is 7.03. The summed E-state index contributed by atoms with van der Waals surface area (Å²) in [6, 6.07) is 7.88. The Bertz CT molecular complexity index is 648. The Morgan fingerprint density at radius 2 is 1.50 bits per heavy atom. The number of hydrogen-bond donors (Lipinski definition) is 3. The fourth-order valence-electron chi connectivity index (χ4n) is 1.65. The van der Waals surface area contributed by atoms with Gasteiger partial charge in [0.15, 0.2) is 0 Å². The van der Waals surface area contributed by atoms with Crippen molar-refractivity contribution in [2.75, 3.05) is 16.8 Å². The molecular formula is C13H10BrCl2N3O. The number of benzene rings is 2. The van der Waals surface area contributed by atoms with E-state index in [1.165, 1.54) is 12.1 Å². The number of amides is 1. The minimum absolute atomic E-state index is 0.328. The molecule has 0 fully saturated rings. The molecular weight excluding hydrogens is 365 g/mol. The van der Waals surface area contributed by atoms with E-state index >= 15 is 0 Å². The minimum atomic E-state index is -0.393. The van der Waals surface area contributed by atoms with Gasteiger partial charge in [-0.1, -0.05) is 39.1 Å². The fourth-order valence-corrected chi connectivity index (χ4v) is 2.96. The third-order valence-electron chi connectivity index (χ3n) is 2.49. The van der Waals surface area contributed by atoms with Crippen LogP contribution in [0.15, 0.2) is 34.8 Å². The summed E-state index contributed by atoms with van der Waals surface area (Å²) in [4.78, 5) is 12.2. The summed E-state index contributed by atoms with van der Waals surface area (Å²) in [5.74, 6) is -0.393. The van der Waals surface area contributed by atoms with E-state index in [2.05, 4.69) is 21.2 Å². The van der Waals surface area contributed by atoms with Gasteiger partial charge >= 0.3 is 0 Å². The van der Waals surface area contributed by atoms with Crippen LogP contribution in [-0.4, -0.2) is 5.91 Å². The van der Waals surface area contributed by atoms with Gasteiger partial charge in [0.1, 0.15) is 0 Å². The number of halogens is 3. The number of nitrogens with one attached hydrogen (secondary N) is 1. The molecule has 5 N–H and O–H groups in total. The van der Waals surface area contributed by atoms with Crippen LogP contribution in [0.25, 0.3) is 0 Å². The van der Waals surface area contributed by atoms with Crippen molar-refractivity contribution in [1.82, 2.24) is 0 Å². The first kappa shape index (κ1) is 15.0. The molecule has 0 aliphatic carbocycles. The van der Waals surface area contributed by atoms with Crippen molar-refractivity contribution in [3.8, 4) is 0 Å². The van der Waals surface area contributed by atoms with E-state index in [0.717, 1.165) is 4.47 Å². The lowest BCUT2D eigenvalue weighted by Crippen LogP contribution is -2.13. The lowest BCUT2D eigenvalue weighted by Gasteiger charge is -2.10. The Labute approximate surface area is 134 Å². The van der Waals surface area contributed by atoms with Crippen molar-refractivity contribution >= 4 is 62.1 Å². The van der Waals surface area contributed by atoms with Gasteiger partial charge in [-0.05, 0) is 30.3 Å². The molecule has 0 atom stereocenters. The average molecular weight is 375 g/mol. The molecule has 2 aromatic carbocycles. The number of nitrogens with two attached hydrogens (primary N) is 2. The zero-order chi connectivity index (χ0) is 14.9. The second kappa shape index (κ2) is 5.91. The highest BCUT2D eigenvalue weighted by atomic mass is 79.9. The maximum atomic E-state index is 12.2. The van der Waals surface area contributed by atoms with Gasteiger partial charge in [0.2, 0.25) is 0 Å². The highest BCUT2D eigenvalue weighted by Crippen LogP contribution is 2.34. The summed E-state index contributed by atoms with van der Waals surface area (Å²) in [6.45, 7) is 0. The monoisotopic (exact) mass is 373 g/mol. The van der Waals surface area contributed by atoms with Crippen LogP contribution >= 0.6 is 39.1 Å². The summed E-state index contributed by atoms with van der Waals surface area (Å²) >= 11 is 15.4. The van der Waals surface area contributed by atoms with Crippen molar-refractivity contribution < 1.29 is 4.79 Å². The Hall–Kier alpha value is -1.43. The standard InChI is InChI=1S/C13H10BrCl2N3O/c14-7-3-10(15)12(11(16)4-7)19-13(20)6-1-8(17)5-9(18)2-6/h1-5H,17-18H2,(H,19,20). The second-order valence-corrected chi connectivity index (χ2v) is 5.82. The molecule has 20 heavy (non-hydrogen) atoms. The molecule has 0 bridgehead atoms. The fraction of sp³-hybridized carbons (Fsp3) is 0. The number of carbonyl (C=O) groups is 1. The molecule has 7 heteroatoms. The van der Waals surface area contributed by atoms with Gasteiger partial charge < -0.3 is 16.8 Å². The summed E-state index contributed by atoms with van der Waals surface area (Å²) in [7, 11) is 0. The minimum Gasteiger partial charge on any atom is -0.399 e. The quantitative estimate of drug-likeness (QED) is 0.690. The Balaban J connectivity index is 2.32. The molecule has 0 saturated heterocycles. The first-order chi connectivity index (χ1) is 9.36. The summed E-state index contributed by atoms with van der Waals surface area (Å²) in [5, 5.41) is 3.30. The third-order valence-corrected chi connectivity index (χ3v) is 3.54. The number of anilines is 3.